The monoisotopic (exact) mass is 530 g/mol. The van der Waals surface area contributed by atoms with Crippen molar-refractivity contribution >= 4 is 61.7 Å². The average Bonchev–Trinajstić information content (AvgIpc) is 3.25. The zero-order chi connectivity index (χ0) is 25.2. The SMILES string of the molecule is CCCNc1ccc2c(c1)CC(=O)N(c1ccc(CC(=O)CS(=O)(=O)c3ccc(Cl)s3)cc1)C2=O. The summed E-state index contributed by atoms with van der Waals surface area (Å²) in [6.07, 6.45) is 0.980. The number of carbonyl (C=O) groups is 3. The van der Waals surface area contributed by atoms with Crippen LogP contribution < -0.4 is 10.2 Å². The van der Waals surface area contributed by atoms with E-state index in [1.54, 1.807) is 30.3 Å². The lowest BCUT2D eigenvalue weighted by Gasteiger charge is -2.27. The van der Waals surface area contributed by atoms with E-state index >= 15 is 0 Å². The van der Waals surface area contributed by atoms with E-state index in [1.165, 1.54) is 12.1 Å². The van der Waals surface area contributed by atoms with E-state index in [4.69, 9.17) is 11.6 Å². The van der Waals surface area contributed by atoms with Crippen LogP contribution in [0.3, 0.4) is 0 Å². The van der Waals surface area contributed by atoms with Crippen LogP contribution in [-0.2, 0) is 32.3 Å². The number of Topliss-reactive ketones (excluding diaryl/α,β-unsaturated/α-hetero) is 1. The van der Waals surface area contributed by atoms with Crippen molar-refractivity contribution in [3.05, 3.63) is 75.6 Å². The quantitative estimate of drug-likeness (QED) is 0.408. The highest BCUT2D eigenvalue weighted by atomic mass is 35.5. The fraction of sp³-hybridized carbons (Fsp3) is 0.240. The number of nitrogens with zero attached hydrogens (tertiary/aromatic N) is 1. The molecule has 3 aromatic rings. The highest BCUT2D eigenvalue weighted by Crippen LogP contribution is 2.29. The first-order valence-corrected chi connectivity index (χ1v) is 13.9. The molecule has 0 bridgehead atoms. The number of hydrogen-bond acceptors (Lipinski definition) is 7. The number of sulfone groups is 1. The fourth-order valence-electron chi connectivity index (χ4n) is 3.85. The lowest BCUT2D eigenvalue weighted by molar-refractivity contribution is -0.118. The maximum absolute atomic E-state index is 13.1. The van der Waals surface area contributed by atoms with Gasteiger partial charge in [0.2, 0.25) is 5.91 Å². The Morgan fingerprint density at radius 1 is 1.09 bits per heavy atom. The van der Waals surface area contributed by atoms with E-state index in [-0.39, 0.29) is 23.0 Å². The van der Waals surface area contributed by atoms with Crippen LogP contribution in [0, 0.1) is 0 Å². The molecule has 4 rings (SSSR count). The number of ketones is 1. The maximum Gasteiger partial charge on any atom is 0.265 e. The molecule has 0 saturated heterocycles. The third-order valence-corrected chi connectivity index (χ3v) is 9.00. The van der Waals surface area contributed by atoms with Gasteiger partial charge in [-0.25, -0.2) is 13.3 Å². The van der Waals surface area contributed by atoms with Gasteiger partial charge in [-0.3, -0.25) is 14.4 Å². The van der Waals surface area contributed by atoms with Crippen LogP contribution in [0.2, 0.25) is 4.34 Å². The third kappa shape index (κ3) is 5.63. The van der Waals surface area contributed by atoms with Crippen molar-refractivity contribution in [2.75, 3.05) is 22.5 Å². The van der Waals surface area contributed by atoms with Gasteiger partial charge in [-0.15, -0.1) is 11.3 Å². The summed E-state index contributed by atoms with van der Waals surface area (Å²) in [6.45, 7) is 2.86. The zero-order valence-electron chi connectivity index (χ0n) is 18.9. The van der Waals surface area contributed by atoms with E-state index in [0.29, 0.717) is 26.7 Å². The van der Waals surface area contributed by atoms with Crippen LogP contribution in [0.1, 0.15) is 34.8 Å². The van der Waals surface area contributed by atoms with Gasteiger partial charge in [0.05, 0.1) is 16.4 Å². The minimum atomic E-state index is -3.75. The van der Waals surface area contributed by atoms with Crippen molar-refractivity contribution in [2.45, 2.75) is 30.4 Å². The van der Waals surface area contributed by atoms with Gasteiger partial charge in [0.1, 0.15) is 9.96 Å². The highest BCUT2D eigenvalue weighted by molar-refractivity contribution is 7.94. The Labute approximate surface area is 212 Å². The van der Waals surface area contributed by atoms with Crippen molar-refractivity contribution < 1.29 is 22.8 Å². The van der Waals surface area contributed by atoms with Crippen LogP contribution in [0.25, 0.3) is 0 Å². The van der Waals surface area contributed by atoms with Gasteiger partial charge in [-0.1, -0.05) is 30.7 Å². The maximum atomic E-state index is 13.1. The molecule has 0 unspecified atom stereocenters. The molecule has 2 aromatic carbocycles. The minimum absolute atomic E-state index is 0.0573. The first-order chi connectivity index (χ1) is 16.7. The van der Waals surface area contributed by atoms with Gasteiger partial charge >= 0.3 is 0 Å². The van der Waals surface area contributed by atoms with Crippen molar-refractivity contribution in [3.8, 4) is 0 Å². The zero-order valence-corrected chi connectivity index (χ0v) is 21.3. The molecule has 1 aliphatic rings. The van der Waals surface area contributed by atoms with Gasteiger partial charge < -0.3 is 5.32 Å². The van der Waals surface area contributed by atoms with E-state index in [9.17, 15) is 22.8 Å². The molecule has 2 amide bonds. The number of hydrogen-bond donors (Lipinski definition) is 1. The molecule has 2 heterocycles. The summed E-state index contributed by atoms with van der Waals surface area (Å²) in [5.41, 5.74) is 3.02. The molecule has 0 radical (unpaired) electrons. The Hall–Kier alpha value is -3.01. The molecule has 0 spiro atoms. The van der Waals surface area contributed by atoms with Crippen molar-refractivity contribution in [2.24, 2.45) is 0 Å². The summed E-state index contributed by atoms with van der Waals surface area (Å²) in [4.78, 5) is 39.4. The molecule has 0 aliphatic carbocycles. The van der Waals surface area contributed by atoms with Gasteiger partial charge in [0, 0.05) is 24.2 Å². The number of nitrogens with one attached hydrogen (secondary N) is 1. The second kappa shape index (κ2) is 10.3. The van der Waals surface area contributed by atoms with Gasteiger partial charge in [0.15, 0.2) is 15.6 Å². The second-order valence-electron chi connectivity index (χ2n) is 8.21. The Bertz CT molecular complexity index is 1400. The summed E-state index contributed by atoms with van der Waals surface area (Å²) < 4.78 is 25.2. The largest absolute Gasteiger partial charge is 0.385 e. The van der Waals surface area contributed by atoms with E-state index < -0.39 is 27.3 Å². The number of anilines is 2. The van der Waals surface area contributed by atoms with Gasteiger partial charge in [-0.05, 0) is 60.0 Å². The fourth-order valence-corrected chi connectivity index (χ4v) is 6.67. The van der Waals surface area contributed by atoms with Crippen LogP contribution in [0.15, 0.2) is 58.8 Å². The van der Waals surface area contributed by atoms with Crippen LogP contribution in [0.4, 0.5) is 11.4 Å². The number of amides is 2. The van der Waals surface area contributed by atoms with Crippen molar-refractivity contribution in [3.63, 3.8) is 0 Å². The van der Waals surface area contributed by atoms with Gasteiger partial charge in [0.25, 0.3) is 5.91 Å². The summed E-state index contributed by atoms with van der Waals surface area (Å²) in [5.74, 6) is -1.82. The molecule has 0 fully saturated rings. The molecular formula is C25H23ClN2O5S2. The van der Waals surface area contributed by atoms with Crippen molar-refractivity contribution in [1.82, 2.24) is 0 Å². The number of carbonyl (C=O) groups excluding carboxylic acids is 3. The number of thiophene rings is 1. The Kier molecular flexibility index (Phi) is 7.39. The predicted molar refractivity (Wildman–Crippen MR) is 137 cm³/mol. The average molecular weight is 531 g/mol. The van der Waals surface area contributed by atoms with E-state index in [2.05, 4.69) is 12.2 Å². The normalized spacial score (nSPS) is 13.6. The molecule has 7 nitrogen and oxygen atoms in total. The predicted octanol–water partition coefficient (Wildman–Crippen LogP) is 4.54. The molecule has 1 N–H and O–H groups in total. The third-order valence-electron chi connectivity index (χ3n) is 5.51. The summed E-state index contributed by atoms with van der Waals surface area (Å²) in [6, 6.07) is 14.7. The van der Waals surface area contributed by atoms with Crippen LogP contribution in [0.5, 0.6) is 0 Å². The molecule has 1 aromatic heterocycles. The van der Waals surface area contributed by atoms with Gasteiger partial charge in [-0.2, -0.15) is 0 Å². The molecule has 0 atom stereocenters. The standard InChI is InChI=1S/C25H23ClN2O5S2/c1-2-11-27-18-5-8-21-17(13-18)14-23(30)28(25(21)31)19-6-3-16(4-7-19)12-20(29)15-35(32,33)24-10-9-22(26)34-24/h3-10,13,27H,2,11-12,14-15H2,1H3. The van der Waals surface area contributed by atoms with Crippen LogP contribution in [-0.4, -0.2) is 38.3 Å². The molecule has 0 saturated carbocycles. The molecule has 182 valence electrons. The number of halogens is 1. The number of rotatable bonds is 9. The Morgan fingerprint density at radius 2 is 1.83 bits per heavy atom. The number of benzene rings is 2. The van der Waals surface area contributed by atoms with Crippen LogP contribution >= 0.6 is 22.9 Å². The lowest BCUT2D eigenvalue weighted by atomic mass is 9.97. The molecule has 35 heavy (non-hydrogen) atoms. The molecular weight excluding hydrogens is 508 g/mol. The number of imide groups is 1. The first kappa shape index (κ1) is 25.1. The summed E-state index contributed by atoms with van der Waals surface area (Å²) in [5, 5.41) is 3.26. The minimum Gasteiger partial charge on any atom is -0.385 e. The summed E-state index contributed by atoms with van der Waals surface area (Å²) in [7, 11) is -3.75. The Morgan fingerprint density at radius 3 is 2.49 bits per heavy atom. The molecule has 10 heteroatoms. The van der Waals surface area contributed by atoms with E-state index in [1.807, 2.05) is 12.1 Å². The summed E-state index contributed by atoms with van der Waals surface area (Å²) >= 11 is 6.71. The topological polar surface area (TPSA) is 101 Å². The first-order valence-electron chi connectivity index (χ1n) is 11.0. The Balaban J connectivity index is 1.45. The lowest BCUT2D eigenvalue weighted by Crippen LogP contribution is -2.42. The van der Waals surface area contributed by atoms with Crippen molar-refractivity contribution in [1.29, 1.82) is 0 Å². The number of fused-ring (bicyclic) bond motifs is 1. The molecule has 1 aliphatic heterocycles. The highest BCUT2D eigenvalue weighted by Gasteiger charge is 2.32. The van der Waals surface area contributed by atoms with E-state index in [0.717, 1.165) is 34.9 Å². The second-order valence-corrected chi connectivity index (χ2v) is 12.1. The smallest absolute Gasteiger partial charge is 0.265 e.